The predicted molar refractivity (Wildman–Crippen MR) is 76.4 cm³/mol. The Morgan fingerprint density at radius 3 is 2.75 bits per heavy atom. The fourth-order valence-corrected chi connectivity index (χ4v) is 1.64. The average molecular weight is 279 g/mol. The third-order valence-electron chi connectivity index (χ3n) is 2.64. The Balaban J connectivity index is 2.65. The van der Waals surface area contributed by atoms with Crippen LogP contribution < -0.4 is 14.8 Å². The smallest absolute Gasteiger partial charge is 0.257 e. The summed E-state index contributed by atoms with van der Waals surface area (Å²) in [5.41, 5.74) is 0.373. The lowest BCUT2D eigenvalue weighted by molar-refractivity contribution is -0.123. The zero-order chi connectivity index (χ0) is 14.8. The summed E-state index contributed by atoms with van der Waals surface area (Å²) in [7, 11) is 0. The molecule has 0 bridgehead atoms. The van der Waals surface area contributed by atoms with Crippen LogP contribution in [0.1, 0.15) is 37.0 Å². The largest absolute Gasteiger partial charge is 0.490 e. The fraction of sp³-hybridized carbons (Fsp3) is 0.467. The van der Waals surface area contributed by atoms with Crippen molar-refractivity contribution in [2.45, 2.75) is 26.7 Å². The molecule has 0 radical (unpaired) electrons. The molecule has 1 amide bonds. The number of carbonyl (C=O) groups is 2. The number of para-hydroxylation sites is 1. The van der Waals surface area contributed by atoms with Gasteiger partial charge in [-0.1, -0.05) is 19.4 Å². The maximum Gasteiger partial charge on any atom is 0.257 e. The first-order valence-electron chi connectivity index (χ1n) is 6.83. The van der Waals surface area contributed by atoms with E-state index in [9.17, 15) is 9.59 Å². The second-order valence-corrected chi connectivity index (χ2v) is 4.22. The molecule has 0 unspecified atom stereocenters. The minimum absolute atomic E-state index is 0.130. The van der Waals surface area contributed by atoms with Gasteiger partial charge in [-0.3, -0.25) is 9.59 Å². The van der Waals surface area contributed by atoms with Crippen LogP contribution in [0, 0.1) is 0 Å². The Labute approximate surface area is 119 Å². The van der Waals surface area contributed by atoms with Gasteiger partial charge in [0.1, 0.15) is 0 Å². The third-order valence-corrected chi connectivity index (χ3v) is 2.64. The Morgan fingerprint density at radius 2 is 2.10 bits per heavy atom. The normalized spacial score (nSPS) is 9.90. The highest BCUT2D eigenvalue weighted by molar-refractivity contribution is 5.82. The summed E-state index contributed by atoms with van der Waals surface area (Å²) < 4.78 is 10.8. The van der Waals surface area contributed by atoms with Gasteiger partial charge in [-0.2, -0.15) is 0 Å². The van der Waals surface area contributed by atoms with Gasteiger partial charge < -0.3 is 14.8 Å². The van der Waals surface area contributed by atoms with Gasteiger partial charge in [-0.15, -0.1) is 0 Å². The van der Waals surface area contributed by atoms with Gasteiger partial charge in [0.05, 0.1) is 12.2 Å². The lowest BCUT2D eigenvalue weighted by atomic mass is 10.2. The van der Waals surface area contributed by atoms with E-state index in [1.165, 1.54) is 0 Å². The van der Waals surface area contributed by atoms with Gasteiger partial charge in [-0.05, 0) is 25.5 Å². The zero-order valence-corrected chi connectivity index (χ0v) is 12.0. The molecule has 5 heteroatoms. The number of hydrogen-bond donors (Lipinski definition) is 1. The Morgan fingerprint density at radius 1 is 1.30 bits per heavy atom. The first-order valence-corrected chi connectivity index (χ1v) is 6.83. The number of aldehydes is 1. The molecule has 0 heterocycles. The van der Waals surface area contributed by atoms with Crippen molar-refractivity contribution < 1.29 is 19.1 Å². The van der Waals surface area contributed by atoms with Crippen LogP contribution in [0.15, 0.2) is 18.2 Å². The molecule has 5 nitrogen and oxygen atoms in total. The number of carbonyl (C=O) groups excluding carboxylic acids is 2. The van der Waals surface area contributed by atoms with E-state index in [2.05, 4.69) is 12.2 Å². The molecule has 1 rings (SSSR count). The molecule has 1 N–H and O–H groups in total. The second kappa shape index (κ2) is 8.96. The minimum atomic E-state index is -0.207. The molecule has 110 valence electrons. The van der Waals surface area contributed by atoms with Gasteiger partial charge in [0, 0.05) is 6.54 Å². The summed E-state index contributed by atoms with van der Waals surface area (Å²) >= 11 is 0. The number of amides is 1. The van der Waals surface area contributed by atoms with Crippen molar-refractivity contribution >= 4 is 12.2 Å². The van der Waals surface area contributed by atoms with Gasteiger partial charge in [-0.25, -0.2) is 0 Å². The highest BCUT2D eigenvalue weighted by atomic mass is 16.5. The van der Waals surface area contributed by atoms with E-state index in [-0.39, 0.29) is 12.5 Å². The van der Waals surface area contributed by atoms with E-state index in [1.807, 2.05) is 6.92 Å². The number of unbranched alkanes of at least 4 members (excludes halogenated alkanes) is 1. The Hall–Kier alpha value is -2.04. The highest BCUT2D eigenvalue weighted by Gasteiger charge is 2.12. The van der Waals surface area contributed by atoms with Crippen molar-refractivity contribution in [3.63, 3.8) is 0 Å². The third kappa shape index (κ3) is 4.91. The molecule has 0 saturated heterocycles. The molecule has 0 aliphatic carbocycles. The van der Waals surface area contributed by atoms with Crippen molar-refractivity contribution in [3.8, 4) is 11.5 Å². The first-order chi connectivity index (χ1) is 9.72. The molecule has 0 aliphatic rings. The van der Waals surface area contributed by atoms with Crippen molar-refractivity contribution in [1.29, 1.82) is 0 Å². The summed E-state index contributed by atoms with van der Waals surface area (Å²) in [4.78, 5) is 22.6. The molecule has 0 aliphatic heterocycles. The Bertz CT molecular complexity index is 445. The Kier molecular flexibility index (Phi) is 7.17. The van der Waals surface area contributed by atoms with Crippen molar-refractivity contribution in [1.82, 2.24) is 5.32 Å². The van der Waals surface area contributed by atoms with E-state index in [1.54, 1.807) is 18.2 Å². The van der Waals surface area contributed by atoms with Crippen LogP contribution >= 0.6 is 0 Å². The summed E-state index contributed by atoms with van der Waals surface area (Å²) in [5.74, 6) is 0.579. The molecule has 0 aromatic heterocycles. The van der Waals surface area contributed by atoms with E-state index in [0.717, 1.165) is 12.8 Å². The first kappa shape index (κ1) is 16.0. The summed E-state index contributed by atoms with van der Waals surface area (Å²) in [5, 5.41) is 2.75. The average Bonchev–Trinajstić information content (AvgIpc) is 2.46. The predicted octanol–water partition coefficient (Wildman–Crippen LogP) is 2.19. The van der Waals surface area contributed by atoms with Crippen LogP contribution in [-0.2, 0) is 4.79 Å². The van der Waals surface area contributed by atoms with Gasteiger partial charge in [0.15, 0.2) is 24.4 Å². The van der Waals surface area contributed by atoms with Crippen LogP contribution in [0.5, 0.6) is 11.5 Å². The van der Waals surface area contributed by atoms with Crippen molar-refractivity contribution in [2.24, 2.45) is 0 Å². The molecule has 0 fully saturated rings. The minimum Gasteiger partial charge on any atom is -0.490 e. The lowest BCUT2D eigenvalue weighted by Gasteiger charge is -2.13. The van der Waals surface area contributed by atoms with Crippen LogP contribution in [0.3, 0.4) is 0 Å². The van der Waals surface area contributed by atoms with Crippen LogP contribution in [-0.4, -0.2) is 32.0 Å². The SMILES string of the molecule is CCCCNC(=O)COc1c(C=O)cccc1OCC. The van der Waals surface area contributed by atoms with Crippen molar-refractivity contribution in [3.05, 3.63) is 23.8 Å². The van der Waals surface area contributed by atoms with E-state index < -0.39 is 0 Å². The van der Waals surface area contributed by atoms with Crippen LogP contribution in [0.4, 0.5) is 0 Å². The second-order valence-electron chi connectivity index (χ2n) is 4.22. The van der Waals surface area contributed by atoms with E-state index in [4.69, 9.17) is 9.47 Å². The highest BCUT2D eigenvalue weighted by Crippen LogP contribution is 2.30. The monoisotopic (exact) mass is 279 g/mol. The maximum absolute atomic E-state index is 11.6. The number of ether oxygens (including phenoxy) is 2. The van der Waals surface area contributed by atoms with Gasteiger partial charge >= 0.3 is 0 Å². The summed E-state index contributed by atoms with van der Waals surface area (Å²) in [6.07, 6.45) is 2.64. The summed E-state index contributed by atoms with van der Waals surface area (Å²) in [6, 6.07) is 5.05. The molecule has 1 aromatic rings. The van der Waals surface area contributed by atoms with Crippen molar-refractivity contribution in [2.75, 3.05) is 19.8 Å². The van der Waals surface area contributed by atoms with E-state index in [0.29, 0.717) is 36.5 Å². The summed E-state index contributed by atoms with van der Waals surface area (Å²) in [6.45, 7) is 4.86. The van der Waals surface area contributed by atoms with Gasteiger partial charge in [0.2, 0.25) is 0 Å². The molecule has 0 atom stereocenters. The zero-order valence-electron chi connectivity index (χ0n) is 12.0. The molecule has 20 heavy (non-hydrogen) atoms. The number of hydrogen-bond acceptors (Lipinski definition) is 4. The molecular formula is C15H21NO4. The number of nitrogens with one attached hydrogen (secondary N) is 1. The quantitative estimate of drug-likeness (QED) is 0.556. The number of rotatable bonds is 9. The molecule has 0 saturated carbocycles. The fourth-order valence-electron chi connectivity index (χ4n) is 1.64. The van der Waals surface area contributed by atoms with Crippen LogP contribution in [0.2, 0.25) is 0 Å². The topological polar surface area (TPSA) is 64.6 Å². The standard InChI is InChI=1S/C15H21NO4/c1-3-5-9-16-14(18)11-20-15-12(10-17)7-6-8-13(15)19-4-2/h6-8,10H,3-5,9,11H2,1-2H3,(H,16,18). The van der Waals surface area contributed by atoms with E-state index >= 15 is 0 Å². The maximum atomic E-state index is 11.6. The van der Waals surface area contributed by atoms with Gasteiger partial charge in [0.25, 0.3) is 5.91 Å². The lowest BCUT2D eigenvalue weighted by Crippen LogP contribution is -2.29. The van der Waals surface area contributed by atoms with Crippen LogP contribution in [0.25, 0.3) is 0 Å². The molecular weight excluding hydrogens is 258 g/mol. The number of benzene rings is 1. The molecule has 1 aromatic carbocycles. The molecule has 0 spiro atoms.